The third-order valence-electron chi connectivity index (χ3n) is 4.29. The van der Waals surface area contributed by atoms with Gasteiger partial charge in [-0.2, -0.15) is 0 Å². The third kappa shape index (κ3) is 3.37. The summed E-state index contributed by atoms with van der Waals surface area (Å²) in [5.74, 6) is 0.525. The van der Waals surface area contributed by atoms with E-state index < -0.39 is 9.84 Å². The second-order valence-electron chi connectivity index (χ2n) is 5.90. The second-order valence-corrected chi connectivity index (χ2v) is 8.12. The van der Waals surface area contributed by atoms with Gasteiger partial charge in [-0.1, -0.05) is 24.3 Å². The van der Waals surface area contributed by atoms with Gasteiger partial charge >= 0.3 is 6.03 Å². The minimum atomic E-state index is -2.87. The lowest BCUT2D eigenvalue weighted by molar-refractivity contribution is 0.191. The van der Waals surface area contributed by atoms with Crippen molar-refractivity contribution in [2.75, 3.05) is 24.6 Å². The maximum Gasteiger partial charge on any atom is 0.317 e. The minimum Gasteiger partial charge on any atom is -0.338 e. The van der Waals surface area contributed by atoms with Crippen molar-refractivity contribution < 1.29 is 13.2 Å². The zero-order chi connectivity index (χ0) is 14.9. The van der Waals surface area contributed by atoms with Gasteiger partial charge in [-0.25, -0.2) is 13.2 Å². The molecule has 2 heterocycles. The number of hydrogen-bond acceptors (Lipinski definition) is 3. The zero-order valence-corrected chi connectivity index (χ0v) is 12.7. The van der Waals surface area contributed by atoms with Crippen molar-refractivity contribution in [1.29, 1.82) is 0 Å². The molecule has 1 fully saturated rings. The SMILES string of the molecule is O=C(NCC1CCS(=O)(=O)C1)N1CCc2ccccc2C1. The van der Waals surface area contributed by atoms with Crippen LogP contribution in [0.15, 0.2) is 24.3 Å². The normalized spacial score (nSPS) is 23.6. The van der Waals surface area contributed by atoms with Crippen LogP contribution in [0.4, 0.5) is 4.79 Å². The summed E-state index contributed by atoms with van der Waals surface area (Å²) in [4.78, 5) is 14.0. The van der Waals surface area contributed by atoms with Crippen LogP contribution in [0.25, 0.3) is 0 Å². The van der Waals surface area contributed by atoms with Crippen molar-refractivity contribution in [2.24, 2.45) is 5.92 Å². The first-order chi connectivity index (χ1) is 10.0. The predicted octanol–water partition coefficient (Wildman–Crippen LogP) is 1.19. The van der Waals surface area contributed by atoms with E-state index in [9.17, 15) is 13.2 Å². The van der Waals surface area contributed by atoms with Crippen LogP contribution < -0.4 is 5.32 Å². The molecule has 0 saturated carbocycles. The standard InChI is InChI=1S/C15H20N2O3S/c18-15(16-9-12-6-8-21(19,20)11-12)17-7-5-13-3-1-2-4-14(13)10-17/h1-4,12H,5-11H2,(H,16,18). The van der Waals surface area contributed by atoms with Gasteiger partial charge < -0.3 is 10.2 Å². The van der Waals surface area contributed by atoms with Crippen molar-refractivity contribution in [2.45, 2.75) is 19.4 Å². The van der Waals surface area contributed by atoms with Crippen molar-refractivity contribution >= 4 is 15.9 Å². The van der Waals surface area contributed by atoms with Crippen molar-refractivity contribution in [3.63, 3.8) is 0 Å². The number of nitrogens with one attached hydrogen (secondary N) is 1. The largest absolute Gasteiger partial charge is 0.338 e. The Hall–Kier alpha value is -1.56. The number of hydrogen-bond donors (Lipinski definition) is 1. The molecule has 1 unspecified atom stereocenters. The molecule has 6 heteroatoms. The first kappa shape index (κ1) is 14.4. The smallest absolute Gasteiger partial charge is 0.317 e. The Morgan fingerprint density at radius 2 is 2.05 bits per heavy atom. The number of carbonyl (C=O) groups excluding carboxylic acids is 1. The number of benzene rings is 1. The molecule has 2 aliphatic heterocycles. The summed E-state index contributed by atoms with van der Waals surface area (Å²) in [5.41, 5.74) is 2.51. The number of urea groups is 1. The molecule has 0 aliphatic carbocycles. The zero-order valence-electron chi connectivity index (χ0n) is 11.9. The summed E-state index contributed by atoms with van der Waals surface area (Å²) in [7, 11) is -2.87. The molecule has 5 nitrogen and oxygen atoms in total. The highest BCUT2D eigenvalue weighted by molar-refractivity contribution is 7.91. The van der Waals surface area contributed by atoms with Crippen LogP contribution in [-0.2, 0) is 22.8 Å². The van der Waals surface area contributed by atoms with Gasteiger partial charge in [-0.15, -0.1) is 0 Å². The van der Waals surface area contributed by atoms with Crippen molar-refractivity contribution in [3.8, 4) is 0 Å². The van der Waals surface area contributed by atoms with E-state index >= 15 is 0 Å². The van der Waals surface area contributed by atoms with Crippen molar-refractivity contribution in [3.05, 3.63) is 35.4 Å². The van der Waals surface area contributed by atoms with E-state index in [0.717, 1.165) is 6.42 Å². The number of amides is 2. The molecule has 1 aromatic rings. The fourth-order valence-corrected chi connectivity index (χ4v) is 4.91. The van der Waals surface area contributed by atoms with E-state index in [2.05, 4.69) is 17.4 Å². The predicted molar refractivity (Wildman–Crippen MR) is 80.7 cm³/mol. The van der Waals surface area contributed by atoms with Crippen molar-refractivity contribution in [1.82, 2.24) is 10.2 Å². The number of rotatable bonds is 2. The van der Waals surface area contributed by atoms with Crippen LogP contribution in [-0.4, -0.2) is 43.9 Å². The quantitative estimate of drug-likeness (QED) is 0.892. The molecule has 2 aliphatic rings. The van der Waals surface area contributed by atoms with E-state index in [1.54, 1.807) is 4.90 Å². The molecule has 1 atom stereocenters. The third-order valence-corrected chi connectivity index (χ3v) is 6.12. The molecule has 1 saturated heterocycles. The minimum absolute atomic E-state index is 0.0658. The van der Waals surface area contributed by atoms with Crippen LogP contribution in [0.3, 0.4) is 0 Å². The molecular weight excluding hydrogens is 288 g/mol. The lowest BCUT2D eigenvalue weighted by Crippen LogP contribution is -2.44. The van der Waals surface area contributed by atoms with Gasteiger partial charge in [0.25, 0.3) is 0 Å². The summed E-state index contributed by atoms with van der Waals surface area (Å²) in [5, 5.41) is 2.89. The van der Waals surface area contributed by atoms with Gasteiger partial charge in [0, 0.05) is 19.6 Å². The Kier molecular flexibility index (Phi) is 3.89. The highest BCUT2D eigenvalue weighted by Crippen LogP contribution is 2.19. The Morgan fingerprint density at radius 1 is 1.29 bits per heavy atom. The van der Waals surface area contributed by atoms with Crippen LogP contribution in [0, 0.1) is 5.92 Å². The van der Waals surface area contributed by atoms with Gasteiger partial charge in [0.1, 0.15) is 0 Å². The molecular formula is C15H20N2O3S. The average molecular weight is 308 g/mol. The van der Waals surface area contributed by atoms with Gasteiger partial charge in [0.2, 0.25) is 0 Å². The number of carbonyl (C=O) groups is 1. The van der Waals surface area contributed by atoms with E-state index in [1.165, 1.54) is 11.1 Å². The van der Waals surface area contributed by atoms with Gasteiger partial charge in [-0.05, 0) is 29.9 Å². The fraction of sp³-hybridized carbons (Fsp3) is 0.533. The van der Waals surface area contributed by atoms with Crippen LogP contribution >= 0.6 is 0 Å². The summed E-state index contributed by atoms with van der Waals surface area (Å²) < 4.78 is 22.8. The first-order valence-electron chi connectivity index (χ1n) is 7.33. The lowest BCUT2D eigenvalue weighted by Gasteiger charge is -2.29. The van der Waals surface area contributed by atoms with Gasteiger partial charge in [0.05, 0.1) is 11.5 Å². The summed E-state index contributed by atoms with van der Waals surface area (Å²) in [6.07, 6.45) is 1.53. The molecule has 0 aromatic heterocycles. The molecule has 21 heavy (non-hydrogen) atoms. The molecule has 0 bridgehead atoms. The Labute approximate surface area is 125 Å². The average Bonchev–Trinajstić information content (AvgIpc) is 2.83. The molecule has 114 valence electrons. The Balaban J connectivity index is 1.53. The number of fused-ring (bicyclic) bond motifs is 1. The topological polar surface area (TPSA) is 66.5 Å². The van der Waals surface area contributed by atoms with Gasteiger partial charge in [0.15, 0.2) is 9.84 Å². The highest BCUT2D eigenvalue weighted by atomic mass is 32.2. The van der Waals surface area contributed by atoms with Crippen LogP contribution in [0.1, 0.15) is 17.5 Å². The molecule has 1 aromatic carbocycles. The monoisotopic (exact) mass is 308 g/mol. The molecule has 0 spiro atoms. The van der Waals surface area contributed by atoms with Gasteiger partial charge in [-0.3, -0.25) is 0 Å². The van der Waals surface area contributed by atoms with E-state index in [1.807, 2.05) is 12.1 Å². The molecule has 0 radical (unpaired) electrons. The van der Waals surface area contributed by atoms with Crippen LogP contribution in [0.5, 0.6) is 0 Å². The highest BCUT2D eigenvalue weighted by Gasteiger charge is 2.28. The van der Waals surface area contributed by atoms with E-state index in [-0.39, 0.29) is 23.5 Å². The number of sulfone groups is 1. The Bertz CT molecular complexity index is 642. The summed E-state index contributed by atoms with van der Waals surface area (Å²) in [6.45, 7) is 1.80. The van der Waals surface area contributed by atoms with E-state index in [0.29, 0.717) is 26.1 Å². The van der Waals surface area contributed by atoms with E-state index in [4.69, 9.17) is 0 Å². The lowest BCUT2D eigenvalue weighted by atomic mass is 10.0. The van der Waals surface area contributed by atoms with Crippen LogP contribution in [0.2, 0.25) is 0 Å². The summed E-state index contributed by atoms with van der Waals surface area (Å²) in [6, 6.07) is 8.08. The summed E-state index contributed by atoms with van der Waals surface area (Å²) >= 11 is 0. The Morgan fingerprint density at radius 3 is 2.76 bits per heavy atom. The fourth-order valence-electron chi connectivity index (χ4n) is 3.05. The second kappa shape index (κ2) is 5.67. The molecule has 1 N–H and O–H groups in total. The molecule has 2 amide bonds. The molecule has 3 rings (SSSR count). The maximum atomic E-state index is 12.2. The first-order valence-corrected chi connectivity index (χ1v) is 9.15. The maximum absolute atomic E-state index is 12.2. The number of nitrogens with zero attached hydrogens (tertiary/aromatic N) is 1.